The third-order valence-corrected chi connectivity index (χ3v) is 4.51. The average molecular weight is 369 g/mol. The molecule has 1 aliphatic heterocycles. The third-order valence-electron chi connectivity index (χ3n) is 4.51. The van der Waals surface area contributed by atoms with Crippen LogP contribution < -0.4 is 20.3 Å². The number of hydrogen-bond acceptors (Lipinski definition) is 6. The van der Waals surface area contributed by atoms with Crippen molar-refractivity contribution in [1.82, 2.24) is 15.3 Å². The smallest absolute Gasteiger partial charge is 0.227 e. The molecule has 7 heteroatoms. The zero-order valence-electron chi connectivity index (χ0n) is 16.1. The molecule has 0 aliphatic carbocycles. The minimum atomic E-state index is -0.0250. The monoisotopic (exact) mass is 369 g/mol. The lowest BCUT2D eigenvalue weighted by Crippen LogP contribution is -2.45. The number of anilines is 3. The molecule has 1 saturated heterocycles. The lowest BCUT2D eigenvalue weighted by molar-refractivity contribution is -0.125. The van der Waals surface area contributed by atoms with Gasteiger partial charge in [0.25, 0.3) is 0 Å². The Morgan fingerprint density at radius 2 is 2.04 bits per heavy atom. The van der Waals surface area contributed by atoms with Crippen molar-refractivity contribution in [2.45, 2.75) is 32.7 Å². The number of methoxy groups -OCH3 is 1. The van der Waals surface area contributed by atoms with Crippen LogP contribution in [-0.2, 0) is 4.79 Å². The van der Waals surface area contributed by atoms with Crippen LogP contribution in [-0.4, -0.2) is 42.1 Å². The Bertz CT molecular complexity index is 763. The van der Waals surface area contributed by atoms with E-state index in [0.717, 1.165) is 36.6 Å². The predicted molar refractivity (Wildman–Crippen MR) is 107 cm³/mol. The normalized spacial score (nSPS) is 16.9. The molecular weight excluding hydrogens is 342 g/mol. The number of piperidine rings is 1. The number of nitrogens with one attached hydrogen (secondary N) is 2. The number of benzene rings is 1. The quantitative estimate of drug-likeness (QED) is 0.815. The van der Waals surface area contributed by atoms with Gasteiger partial charge in [-0.25, -0.2) is 4.98 Å². The van der Waals surface area contributed by atoms with Gasteiger partial charge < -0.3 is 20.3 Å². The van der Waals surface area contributed by atoms with Gasteiger partial charge in [0.15, 0.2) is 0 Å². The van der Waals surface area contributed by atoms with Crippen molar-refractivity contribution in [1.29, 1.82) is 0 Å². The van der Waals surface area contributed by atoms with E-state index in [1.807, 2.05) is 44.2 Å². The van der Waals surface area contributed by atoms with E-state index in [0.29, 0.717) is 12.5 Å². The molecule has 1 atom stereocenters. The first-order chi connectivity index (χ1) is 13.0. The van der Waals surface area contributed by atoms with Crippen molar-refractivity contribution >= 4 is 23.4 Å². The number of nitrogens with zero attached hydrogens (tertiary/aromatic N) is 3. The molecule has 1 amide bonds. The summed E-state index contributed by atoms with van der Waals surface area (Å²) in [7, 11) is 1.65. The van der Waals surface area contributed by atoms with Crippen molar-refractivity contribution < 1.29 is 9.53 Å². The van der Waals surface area contributed by atoms with Gasteiger partial charge in [0.1, 0.15) is 11.6 Å². The zero-order chi connectivity index (χ0) is 19.2. The molecule has 1 aromatic heterocycles. The lowest BCUT2D eigenvalue weighted by atomic mass is 9.97. The van der Waals surface area contributed by atoms with Crippen LogP contribution in [0, 0.1) is 5.92 Å². The third kappa shape index (κ3) is 5.09. The summed E-state index contributed by atoms with van der Waals surface area (Å²) in [6.07, 6.45) is 3.60. The van der Waals surface area contributed by atoms with Crippen LogP contribution in [0.1, 0.15) is 26.7 Å². The summed E-state index contributed by atoms with van der Waals surface area (Å²) in [6.45, 7) is 5.47. The molecule has 1 unspecified atom stereocenters. The summed E-state index contributed by atoms with van der Waals surface area (Å²) >= 11 is 0. The number of carbonyl (C=O) groups is 1. The lowest BCUT2D eigenvalue weighted by Gasteiger charge is -2.32. The first-order valence-corrected chi connectivity index (χ1v) is 9.34. The summed E-state index contributed by atoms with van der Waals surface area (Å²) < 4.78 is 5.18. The molecule has 0 radical (unpaired) electrons. The fourth-order valence-corrected chi connectivity index (χ4v) is 3.17. The molecule has 2 N–H and O–H groups in total. The fraction of sp³-hybridized carbons (Fsp3) is 0.450. The molecule has 7 nitrogen and oxygen atoms in total. The van der Waals surface area contributed by atoms with Gasteiger partial charge in [-0.2, -0.15) is 4.98 Å². The second-order valence-electron chi connectivity index (χ2n) is 7.04. The molecule has 0 spiro atoms. The van der Waals surface area contributed by atoms with Crippen LogP contribution in [0.2, 0.25) is 0 Å². The summed E-state index contributed by atoms with van der Waals surface area (Å²) in [5, 5.41) is 6.29. The van der Waals surface area contributed by atoms with Crippen LogP contribution in [0.15, 0.2) is 36.5 Å². The van der Waals surface area contributed by atoms with Gasteiger partial charge in [-0.15, -0.1) is 0 Å². The Kier molecular flexibility index (Phi) is 6.11. The second kappa shape index (κ2) is 8.70. The van der Waals surface area contributed by atoms with Gasteiger partial charge in [-0.05, 0) is 57.0 Å². The van der Waals surface area contributed by atoms with Crippen molar-refractivity contribution in [3.63, 3.8) is 0 Å². The summed E-state index contributed by atoms with van der Waals surface area (Å²) in [5.41, 5.74) is 0.924. The van der Waals surface area contributed by atoms with Crippen LogP contribution in [0.3, 0.4) is 0 Å². The second-order valence-corrected chi connectivity index (χ2v) is 7.04. The molecule has 0 saturated carbocycles. The topological polar surface area (TPSA) is 79.4 Å². The standard InChI is InChI=1S/C20H27N5O2/c1-14(2)22-19(26)15-5-4-12-25(13-15)20-21-11-10-18(24-20)23-16-6-8-17(27-3)9-7-16/h6-11,14-15H,4-5,12-13H2,1-3H3,(H,22,26)(H,21,23,24). The fourth-order valence-electron chi connectivity index (χ4n) is 3.17. The van der Waals surface area contributed by atoms with Gasteiger partial charge >= 0.3 is 0 Å². The van der Waals surface area contributed by atoms with Crippen molar-refractivity contribution in [3.05, 3.63) is 36.5 Å². The molecule has 2 heterocycles. The van der Waals surface area contributed by atoms with E-state index in [2.05, 4.69) is 25.5 Å². The minimum absolute atomic E-state index is 0.0250. The van der Waals surface area contributed by atoms with E-state index in [9.17, 15) is 4.79 Å². The Labute approximate surface area is 160 Å². The van der Waals surface area contributed by atoms with E-state index in [4.69, 9.17) is 4.74 Å². The van der Waals surface area contributed by atoms with Crippen LogP contribution in [0.4, 0.5) is 17.5 Å². The van der Waals surface area contributed by atoms with Crippen molar-refractivity contribution in [2.75, 3.05) is 30.4 Å². The average Bonchev–Trinajstić information content (AvgIpc) is 2.68. The maximum atomic E-state index is 12.3. The van der Waals surface area contributed by atoms with E-state index < -0.39 is 0 Å². The van der Waals surface area contributed by atoms with Crippen molar-refractivity contribution in [3.8, 4) is 5.75 Å². The maximum absolute atomic E-state index is 12.3. The molecule has 1 fully saturated rings. The van der Waals surface area contributed by atoms with Crippen LogP contribution in [0.5, 0.6) is 5.75 Å². The number of amides is 1. The Morgan fingerprint density at radius 3 is 2.74 bits per heavy atom. The first kappa shape index (κ1) is 18.9. The number of ether oxygens (including phenoxy) is 1. The molecule has 2 aromatic rings. The molecule has 1 aliphatic rings. The van der Waals surface area contributed by atoms with E-state index in [-0.39, 0.29) is 17.9 Å². The molecule has 1 aromatic carbocycles. The van der Waals surface area contributed by atoms with E-state index in [1.165, 1.54) is 0 Å². The highest BCUT2D eigenvalue weighted by atomic mass is 16.5. The maximum Gasteiger partial charge on any atom is 0.227 e. The Hall–Kier alpha value is -2.83. The summed E-state index contributed by atoms with van der Waals surface area (Å²) in [5.74, 6) is 2.27. The van der Waals surface area contributed by atoms with Gasteiger partial charge in [0.05, 0.1) is 13.0 Å². The number of carbonyl (C=O) groups excluding carboxylic acids is 1. The molecule has 3 rings (SSSR count). The summed E-state index contributed by atoms with van der Waals surface area (Å²) in [4.78, 5) is 23.5. The van der Waals surface area contributed by atoms with Gasteiger partial charge in [-0.3, -0.25) is 4.79 Å². The van der Waals surface area contributed by atoms with Crippen molar-refractivity contribution in [2.24, 2.45) is 5.92 Å². The molecule has 0 bridgehead atoms. The highest BCUT2D eigenvalue weighted by Crippen LogP contribution is 2.23. The van der Waals surface area contributed by atoms with Crippen LogP contribution >= 0.6 is 0 Å². The van der Waals surface area contributed by atoms with Gasteiger partial charge in [-0.1, -0.05) is 0 Å². The first-order valence-electron chi connectivity index (χ1n) is 9.34. The molecule has 144 valence electrons. The highest BCUT2D eigenvalue weighted by Gasteiger charge is 2.27. The number of hydrogen-bond donors (Lipinski definition) is 2. The zero-order valence-corrected chi connectivity index (χ0v) is 16.1. The summed E-state index contributed by atoms with van der Waals surface area (Å²) in [6, 6.07) is 9.66. The van der Waals surface area contributed by atoms with Crippen LogP contribution in [0.25, 0.3) is 0 Å². The van der Waals surface area contributed by atoms with E-state index >= 15 is 0 Å². The largest absolute Gasteiger partial charge is 0.497 e. The number of aromatic nitrogens is 2. The predicted octanol–water partition coefficient (Wildman–Crippen LogP) is 2.97. The highest BCUT2D eigenvalue weighted by molar-refractivity contribution is 5.79. The van der Waals surface area contributed by atoms with E-state index in [1.54, 1.807) is 13.3 Å². The minimum Gasteiger partial charge on any atom is -0.497 e. The Morgan fingerprint density at radius 1 is 1.26 bits per heavy atom. The number of rotatable bonds is 6. The Balaban J connectivity index is 1.67. The molecule has 27 heavy (non-hydrogen) atoms. The van der Waals surface area contributed by atoms with Gasteiger partial charge in [0.2, 0.25) is 11.9 Å². The van der Waals surface area contributed by atoms with Gasteiger partial charge in [0, 0.05) is 31.0 Å². The molecular formula is C20H27N5O2. The SMILES string of the molecule is COc1ccc(Nc2ccnc(N3CCCC(C(=O)NC(C)C)C3)n2)cc1.